The maximum absolute atomic E-state index is 11.9. The van der Waals surface area contributed by atoms with E-state index in [0.29, 0.717) is 6.42 Å². The second-order valence-electron chi connectivity index (χ2n) is 4.40. The van der Waals surface area contributed by atoms with Crippen LogP contribution in [-0.4, -0.2) is 23.4 Å². The summed E-state index contributed by atoms with van der Waals surface area (Å²) in [4.78, 5) is 21.3. The van der Waals surface area contributed by atoms with Crippen LogP contribution in [0, 0.1) is 17.3 Å². The van der Waals surface area contributed by atoms with Gasteiger partial charge in [-0.3, -0.25) is 9.36 Å². The molecule has 4 nitrogen and oxygen atoms in total. The molecule has 0 spiro atoms. The van der Waals surface area contributed by atoms with E-state index in [2.05, 4.69) is 16.4 Å². The van der Waals surface area contributed by atoms with Crippen molar-refractivity contribution in [2.24, 2.45) is 5.41 Å². The lowest BCUT2D eigenvalue weighted by Crippen LogP contribution is -2.27. The molecule has 0 aliphatic rings. The van der Waals surface area contributed by atoms with Gasteiger partial charge >= 0.3 is 7.60 Å². The Balaban J connectivity index is 4.53. The van der Waals surface area contributed by atoms with Crippen molar-refractivity contribution in [3.63, 3.8) is 0 Å². The molecule has 0 heterocycles. The summed E-state index contributed by atoms with van der Waals surface area (Å²) >= 11 is 0. The fourth-order valence-electron chi connectivity index (χ4n) is 1.15. The highest BCUT2D eigenvalue weighted by atomic mass is 31.2. The topological polar surface area (TPSA) is 63.6 Å². The van der Waals surface area contributed by atoms with Crippen LogP contribution in [0.15, 0.2) is 0 Å². The highest BCUT2D eigenvalue weighted by Crippen LogP contribution is 2.43. The molecular weight excluding hydrogens is 239 g/mol. The number of hydrogen-bond donors (Lipinski definition) is 1. The number of carbonyl (C=O) groups excluding carboxylic acids is 1. The quantitative estimate of drug-likeness (QED) is 0.589. The molecule has 0 aromatic rings. The van der Waals surface area contributed by atoms with Crippen molar-refractivity contribution in [2.75, 3.05) is 12.8 Å². The fraction of sp³-hybridized carbons (Fsp3) is 0.750. The van der Waals surface area contributed by atoms with Crippen LogP contribution in [0.1, 0.15) is 40.5 Å². The largest absolute Gasteiger partial charge is 0.335 e. The monoisotopic (exact) mass is 260 g/mol. The van der Waals surface area contributed by atoms with Gasteiger partial charge in [-0.05, 0) is 6.92 Å². The zero-order valence-electron chi connectivity index (χ0n) is 10.9. The lowest BCUT2D eigenvalue weighted by Gasteiger charge is -2.21. The minimum atomic E-state index is -3.78. The first-order chi connectivity index (χ1) is 7.75. The van der Waals surface area contributed by atoms with Gasteiger partial charge < -0.3 is 9.42 Å². The molecule has 0 saturated carbocycles. The van der Waals surface area contributed by atoms with E-state index in [1.54, 1.807) is 20.8 Å². The van der Waals surface area contributed by atoms with Gasteiger partial charge in [0.05, 0.1) is 6.61 Å². The summed E-state index contributed by atoms with van der Waals surface area (Å²) in [5, 5.41) is 0. The third kappa shape index (κ3) is 6.63. The Kier molecular flexibility index (Phi) is 6.70. The molecular formula is C12H21O4P. The van der Waals surface area contributed by atoms with Crippen LogP contribution < -0.4 is 0 Å². The van der Waals surface area contributed by atoms with E-state index in [9.17, 15) is 14.3 Å². The minimum Gasteiger partial charge on any atom is -0.324 e. The Bertz CT molecular complexity index is 362. The number of carbonyl (C=O) groups is 1. The van der Waals surface area contributed by atoms with Crippen molar-refractivity contribution in [3.8, 4) is 11.8 Å². The molecule has 0 rings (SSSR count). The van der Waals surface area contributed by atoms with Gasteiger partial charge in [-0.1, -0.05) is 20.8 Å². The van der Waals surface area contributed by atoms with E-state index in [1.165, 1.54) is 0 Å². The van der Waals surface area contributed by atoms with Gasteiger partial charge in [-0.15, -0.1) is 11.8 Å². The van der Waals surface area contributed by atoms with Crippen molar-refractivity contribution in [1.29, 1.82) is 0 Å². The number of ketones is 1. The predicted octanol–water partition coefficient (Wildman–Crippen LogP) is 2.61. The number of hydrogen-bond acceptors (Lipinski definition) is 3. The average molecular weight is 260 g/mol. The predicted molar refractivity (Wildman–Crippen MR) is 67.8 cm³/mol. The molecule has 0 bridgehead atoms. The summed E-state index contributed by atoms with van der Waals surface area (Å²) in [6.45, 7) is 7.12. The van der Waals surface area contributed by atoms with E-state index >= 15 is 0 Å². The van der Waals surface area contributed by atoms with E-state index in [1.807, 2.05) is 6.92 Å². The fourth-order valence-corrected chi connectivity index (χ4v) is 2.44. The molecule has 0 aliphatic heterocycles. The van der Waals surface area contributed by atoms with Crippen LogP contribution in [-0.2, 0) is 13.9 Å². The van der Waals surface area contributed by atoms with Gasteiger partial charge in [0.1, 0.15) is 6.16 Å². The highest BCUT2D eigenvalue weighted by molar-refractivity contribution is 7.53. The van der Waals surface area contributed by atoms with Crippen molar-refractivity contribution in [2.45, 2.75) is 40.5 Å². The first kappa shape index (κ1) is 16.4. The maximum Gasteiger partial charge on any atom is 0.335 e. The summed E-state index contributed by atoms with van der Waals surface area (Å²) in [7, 11) is -3.78. The zero-order valence-corrected chi connectivity index (χ0v) is 11.8. The minimum absolute atomic E-state index is 0.122. The summed E-state index contributed by atoms with van der Waals surface area (Å²) in [6, 6.07) is 0. The van der Waals surface area contributed by atoms with Gasteiger partial charge in [-0.25, -0.2) is 0 Å². The van der Waals surface area contributed by atoms with Crippen LogP contribution >= 0.6 is 7.60 Å². The number of Topliss-reactive ketones (excluding diaryl/α,β-unsaturated/α-hetero) is 1. The van der Waals surface area contributed by atoms with Crippen molar-refractivity contribution < 1.29 is 18.8 Å². The third-order valence-corrected chi connectivity index (χ3v) is 3.61. The zero-order chi connectivity index (χ0) is 13.5. The van der Waals surface area contributed by atoms with E-state index < -0.39 is 19.2 Å². The van der Waals surface area contributed by atoms with E-state index in [4.69, 9.17) is 0 Å². The van der Waals surface area contributed by atoms with Gasteiger partial charge in [-0.2, -0.15) is 0 Å². The second kappa shape index (κ2) is 6.96. The van der Waals surface area contributed by atoms with Gasteiger partial charge in [0.15, 0.2) is 5.78 Å². The summed E-state index contributed by atoms with van der Waals surface area (Å²) in [5.41, 5.74) is -0.711. The van der Waals surface area contributed by atoms with E-state index in [-0.39, 0.29) is 12.4 Å². The van der Waals surface area contributed by atoms with Crippen LogP contribution in [0.3, 0.4) is 0 Å². The third-order valence-electron chi connectivity index (χ3n) is 2.26. The molecule has 0 amide bonds. The molecule has 0 aliphatic carbocycles. The first-order valence-corrected chi connectivity index (χ1v) is 7.47. The molecule has 0 fully saturated rings. The van der Waals surface area contributed by atoms with Gasteiger partial charge in [0.2, 0.25) is 0 Å². The Morgan fingerprint density at radius 1 is 1.35 bits per heavy atom. The second-order valence-corrected chi connectivity index (χ2v) is 6.25. The molecule has 0 aromatic carbocycles. The van der Waals surface area contributed by atoms with Gasteiger partial charge in [0.25, 0.3) is 0 Å². The molecule has 1 atom stereocenters. The first-order valence-electron chi connectivity index (χ1n) is 5.70. The van der Waals surface area contributed by atoms with Crippen molar-refractivity contribution >= 4 is 13.4 Å². The summed E-state index contributed by atoms with van der Waals surface area (Å²) < 4.78 is 16.2. The maximum atomic E-state index is 11.9. The molecule has 98 valence electrons. The van der Waals surface area contributed by atoms with E-state index in [0.717, 1.165) is 6.42 Å². The molecule has 5 heteroatoms. The normalized spacial score (nSPS) is 14.6. The Hall–Kier alpha value is -0.620. The highest BCUT2D eigenvalue weighted by Gasteiger charge is 2.33. The van der Waals surface area contributed by atoms with Crippen LogP contribution in [0.25, 0.3) is 0 Å². The summed E-state index contributed by atoms with van der Waals surface area (Å²) in [6.07, 6.45) is 0.690. The lowest BCUT2D eigenvalue weighted by atomic mass is 9.85. The molecule has 0 aromatic heterocycles. The van der Waals surface area contributed by atoms with Crippen molar-refractivity contribution in [3.05, 3.63) is 0 Å². The Labute approximate surface area is 103 Å². The SMILES string of the molecule is CCC#CCC(C)(C)C(=O)CP(=O)(O)OCC. The van der Waals surface area contributed by atoms with Crippen LogP contribution in [0.5, 0.6) is 0 Å². The Morgan fingerprint density at radius 3 is 2.41 bits per heavy atom. The molecule has 1 unspecified atom stereocenters. The molecule has 0 radical (unpaired) electrons. The van der Waals surface area contributed by atoms with Gasteiger partial charge in [0, 0.05) is 18.3 Å². The average Bonchev–Trinajstić information content (AvgIpc) is 2.16. The standard InChI is InChI=1S/C12H21O4P/c1-5-7-8-9-12(3,4)11(13)10-17(14,15)16-6-2/h5-6,9-10H2,1-4H3,(H,14,15). The van der Waals surface area contributed by atoms with Crippen molar-refractivity contribution in [1.82, 2.24) is 0 Å². The molecule has 17 heavy (non-hydrogen) atoms. The lowest BCUT2D eigenvalue weighted by molar-refractivity contribution is -0.124. The molecule has 0 saturated heterocycles. The van der Waals surface area contributed by atoms with Crippen LogP contribution in [0.2, 0.25) is 0 Å². The summed E-state index contributed by atoms with van der Waals surface area (Å²) in [5.74, 6) is 5.48. The smallest absolute Gasteiger partial charge is 0.324 e. The van der Waals surface area contributed by atoms with Crippen LogP contribution in [0.4, 0.5) is 0 Å². The Morgan fingerprint density at radius 2 is 1.94 bits per heavy atom. The number of rotatable bonds is 6. The molecule has 1 N–H and O–H groups in total.